The summed E-state index contributed by atoms with van der Waals surface area (Å²) >= 11 is 0. The molecule has 1 aromatic heterocycles. The largest absolute Gasteiger partial charge is 0.507 e. The number of hydrogen-bond acceptors (Lipinski definition) is 3. The van der Waals surface area contributed by atoms with Crippen molar-refractivity contribution in [1.29, 1.82) is 0 Å². The zero-order chi connectivity index (χ0) is 17.1. The molecule has 0 saturated heterocycles. The summed E-state index contributed by atoms with van der Waals surface area (Å²) in [5.74, 6) is -0.459. The molecule has 0 spiro atoms. The highest BCUT2D eigenvalue weighted by atomic mass is 16.3. The molecule has 5 nitrogen and oxygen atoms in total. The molecule has 0 fully saturated rings. The first-order chi connectivity index (χ1) is 11.6. The number of benzene rings is 2. The van der Waals surface area contributed by atoms with Crippen LogP contribution in [0.4, 0.5) is 0 Å². The van der Waals surface area contributed by atoms with E-state index < -0.39 is 5.56 Å². The molecule has 0 unspecified atom stereocenters. The van der Waals surface area contributed by atoms with Crippen molar-refractivity contribution in [2.75, 3.05) is 0 Å². The third kappa shape index (κ3) is 3.15. The Bertz CT molecular complexity index is 932. The summed E-state index contributed by atoms with van der Waals surface area (Å²) in [5.41, 5.74) is 1.14. The van der Waals surface area contributed by atoms with E-state index in [4.69, 9.17) is 0 Å². The fourth-order valence-corrected chi connectivity index (χ4v) is 2.71. The molecule has 0 saturated carbocycles. The van der Waals surface area contributed by atoms with Gasteiger partial charge < -0.3 is 15.4 Å². The van der Waals surface area contributed by atoms with E-state index in [0.717, 1.165) is 5.56 Å². The molecule has 1 heterocycles. The average Bonchev–Trinajstić information content (AvgIpc) is 2.59. The van der Waals surface area contributed by atoms with Crippen molar-refractivity contribution in [2.24, 2.45) is 0 Å². The van der Waals surface area contributed by atoms with Gasteiger partial charge in [-0.25, -0.2) is 0 Å². The van der Waals surface area contributed by atoms with Crippen LogP contribution in [0.25, 0.3) is 10.9 Å². The van der Waals surface area contributed by atoms with E-state index in [1.807, 2.05) is 37.3 Å². The third-order valence-electron chi connectivity index (χ3n) is 4.00. The van der Waals surface area contributed by atoms with E-state index in [1.165, 1.54) is 0 Å². The molecule has 3 aromatic rings. The van der Waals surface area contributed by atoms with E-state index in [9.17, 15) is 14.7 Å². The predicted molar refractivity (Wildman–Crippen MR) is 92.9 cm³/mol. The zero-order valence-corrected chi connectivity index (χ0v) is 13.2. The van der Waals surface area contributed by atoms with E-state index in [2.05, 4.69) is 10.3 Å². The standard InChI is InChI=1S/C19H18N2O3/c1-12(13-7-3-2-4-8-13)20-17(22)11-15-18(23)14-9-5-6-10-16(14)21-19(15)24/h2-10,12H,11H2,1H3,(H,20,22)(H2,21,23,24)/t12-/m0/s1. The lowest BCUT2D eigenvalue weighted by molar-refractivity contribution is -0.121. The molecule has 24 heavy (non-hydrogen) atoms. The third-order valence-corrected chi connectivity index (χ3v) is 4.00. The minimum atomic E-state index is -0.450. The van der Waals surface area contributed by atoms with Crippen LogP contribution in [0.15, 0.2) is 59.4 Å². The average molecular weight is 322 g/mol. The highest BCUT2D eigenvalue weighted by Gasteiger charge is 2.16. The Morgan fingerprint density at radius 3 is 2.54 bits per heavy atom. The maximum Gasteiger partial charge on any atom is 0.255 e. The van der Waals surface area contributed by atoms with Gasteiger partial charge in [-0.2, -0.15) is 0 Å². The van der Waals surface area contributed by atoms with Gasteiger partial charge in [0.25, 0.3) is 5.56 Å². The summed E-state index contributed by atoms with van der Waals surface area (Å²) in [5, 5.41) is 13.7. The van der Waals surface area contributed by atoms with Gasteiger partial charge in [-0.1, -0.05) is 42.5 Å². The number of aromatic hydroxyl groups is 1. The molecule has 3 N–H and O–H groups in total. The molecular formula is C19H18N2O3. The van der Waals surface area contributed by atoms with Crippen LogP contribution in [0.2, 0.25) is 0 Å². The number of nitrogens with one attached hydrogen (secondary N) is 2. The fraction of sp³-hybridized carbons (Fsp3) is 0.158. The number of rotatable bonds is 4. The van der Waals surface area contributed by atoms with Crippen molar-refractivity contribution in [3.63, 3.8) is 0 Å². The van der Waals surface area contributed by atoms with Crippen molar-refractivity contribution >= 4 is 16.8 Å². The summed E-state index contributed by atoms with van der Waals surface area (Å²) in [6, 6.07) is 16.3. The molecule has 0 aliphatic rings. The first-order valence-electron chi connectivity index (χ1n) is 7.73. The van der Waals surface area contributed by atoms with Crippen molar-refractivity contribution in [3.05, 3.63) is 76.1 Å². The van der Waals surface area contributed by atoms with Gasteiger partial charge in [0.1, 0.15) is 5.75 Å². The Hall–Kier alpha value is -3.08. The molecule has 1 amide bonds. The number of carbonyl (C=O) groups excluding carboxylic acids is 1. The summed E-state index contributed by atoms with van der Waals surface area (Å²) in [7, 11) is 0. The lowest BCUT2D eigenvalue weighted by Crippen LogP contribution is -2.30. The molecule has 0 radical (unpaired) electrons. The second-order valence-corrected chi connectivity index (χ2v) is 5.70. The monoisotopic (exact) mass is 322 g/mol. The Labute approximate surface area is 139 Å². The number of fused-ring (bicyclic) bond motifs is 1. The highest BCUT2D eigenvalue weighted by molar-refractivity contribution is 5.88. The van der Waals surface area contributed by atoms with Gasteiger partial charge in [0.15, 0.2) is 0 Å². The van der Waals surface area contributed by atoms with Gasteiger partial charge in [-0.15, -0.1) is 0 Å². The molecule has 122 valence electrons. The van der Waals surface area contributed by atoms with Crippen LogP contribution in [0.3, 0.4) is 0 Å². The number of hydrogen-bond donors (Lipinski definition) is 3. The van der Waals surface area contributed by atoms with Gasteiger partial charge in [0, 0.05) is 5.39 Å². The number of pyridine rings is 1. The van der Waals surface area contributed by atoms with Gasteiger partial charge in [-0.3, -0.25) is 9.59 Å². The number of aromatic amines is 1. The van der Waals surface area contributed by atoms with Crippen molar-refractivity contribution < 1.29 is 9.90 Å². The lowest BCUT2D eigenvalue weighted by atomic mass is 10.1. The topological polar surface area (TPSA) is 82.2 Å². The number of H-pyrrole nitrogens is 1. The molecule has 3 rings (SSSR count). The number of aromatic nitrogens is 1. The van der Waals surface area contributed by atoms with Crippen molar-refractivity contribution in [3.8, 4) is 5.75 Å². The molecule has 1 atom stereocenters. The van der Waals surface area contributed by atoms with E-state index in [0.29, 0.717) is 10.9 Å². The van der Waals surface area contributed by atoms with Gasteiger partial charge >= 0.3 is 0 Å². The maximum absolute atomic E-state index is 12.3. The van der Waals surface area contributed by atoms with E-state index in [1.54, 1.807) is 24.3 Å². The smallest absolute Gasteiger partial charge is 0.255 e. The molecular weight excluding hydrogens is 304 g/mol. The first-order valence-corrected chi connectivity index (χ1v) is 7.73. The van der Waals surface area contributed by atoms with Crippen molar-refractivity contribution in [1.82, 2.24) is 10.3 Å². The van der Waals surface area contributed by atoms with Crippen LogP contribution in [-0.2, 0) is 11.2 Å². The molecule has 0 aliphatic heterocycles. The molecule has 0 aliphatic carbocycles. The van der Waals surface area contributed by atoms with E-state index >= 15 is 0 Å². The Morgan fingerprint density at radius 2 is 1.79 bits per heavy atom. The van der Waals surface area contributed by atoms with Crippen LogP contribution in [-0.4, -0.2) is 16.0 Å². The molecule has 5 heteroatoms. The van der Waals surface area contributed by atoms with Crippen LogP contribution in [0.5, 0.6) is 5.75 Å². The minimum absolute atomic E-state index is 0.0754. The number of para-hydroxylation sites is 1. The summed E-state index contributed by atoms with van der Waals surface area (Å²) in [6.07, 6.45) is -0.177. The zero-order valence-electron chi connectivity index (χ0n) is 13.2. The molecule has 2 aromatic carbocycles. The second kappa shape index (κ2) is 6.58. The second-order valence-electron chi connectivity index (χ2n) is 5.70. The Morgan fingerprint density at radius 1 is 1.12 bits per heavy atom. The van der Waals surface area contributed by atoms with Crippen LogP contribution in [0, 0.1) is 0 Å². The number of carbonyl (C=O) groups is 1. The predicted octanol–water partition coefficient (Wildman–Crippen LogP) is 2.65. The highest BCUT2D eigenvalue weighted by Crippen LogP contribution is 2.24. The quantitative estimate of drug-likeness (QED) is 0.690. The van der Waals surface area contributed by atoms with Gasteiger partial charge in [-0.05, 0) is 24.6 Å². The Balaban J connectivity index is 1.82. The maximum atomic E-state index is 12.3. The fourth-order valence-electron chi connectivity index (χ4n) is 2.71. The first kappa shape index (κ1) is 15.8. The van der Waals surface area contributed by atoms with E-state index in [-0.39, 0.29) is 29.7 Å². The SMILES string of the molecule is C[C@H](NC(=O)Cc1c(O)c2ccccc2[nH]c1=O)c1ccccc1. The van der Waals surface area contributed by atoms with Crippen LogP contribution >= 0.6 is 0 Å². The van der Waals surface area contributed by atoms with Crippen molar-refractivity contribution in [2.45, 2.75) is 19.4 Å². The summed E-state index contributed by atoms with van der Waals surface area (Å²) < 4.78 is 0. The summed E-state index contributed by atoms with van der Waals surface area (Å²) in [4.78, 5) is 27.1. The normalized spacial score (nSPS) is 12.0. The summed E-state index contributed by atoms with van der Waals surface area (Å²) in [6.45, 7) is 1.87. The van der Waals surface area contributed by atoms with Crippen LogP contribution in [0.1, 0.15) is 24.1 Å². The lowest BCUT2D eigenvalue weighted by Gasteiger charge is -2.14. The van der Waals surface area contributed by atoms with Gasteiger partial charge in [0.2, 0.25) is 5.91 Å². The van der Waals surface area contributed by atoms with Crippen LogP contribution < -0.4 is 10.9 Å². The number of amides is 1. The van der Waals surface area contributed by atoms with Gasteiger partial charge in [0.05, 0.1) is 23.5 Å². The molecule has 0 bridgehead atoms. The Kier molecular flexibility index (Phi) is 4.33. The minimum Gasteiger partial charge on any atom is -0.507 e.